The number of sulfonamides is 1. The third-order valence-corrected chi connectivity index (χ3v) is 5.54. The highest BCUT2D eigenvalue weighted by Gasteiger charge is 2.26. The molecule has 0 spiro atoms. The minimum atomic E-state index is -3.58. The second-order valence-electron chi connectivity index (χ2n) is 7.16. The molecule has 1 amide bonds. The summed E-state index contributed by atoms with van der Waals surface area (Å²) in [6, 6.07) is 16.0. The fourth-order valence-corrected chi connectivity index (χ4v) is 4.09. The van der Waals surface area contributed by atoms with Crippen LogP contribution in [0.3, 0.4) is 0 Å². The molecule has 0 aromatic heterocycles. The van der Waals surface area contributed by atoms with Gasteiger partial charge in [-0.25, -0.2) is 12.8 Å². The van der Waals surface area contributed by atoms with Gasteiger partial charge in [0.2, 0.25) is 10.0 Å². The van der Waals surface area contributed by atoms with Crippen LogP contribution in [0.25, 0.3) is 11.1 Å². The van der Waals surface area contributed by atoms with E-state index in [0.29, 0.717) is 24.2 Å². The van der Waals surface area contributed by atoms with Crippen molar-refractivity contribution in [1.82, 2.24) is 0 Å². The highest BCUT2D eigenvalue weighted by Crippen LogP contribution is 2.33. The standard InChI is InChI=1S/C22H19FN2O4S/c1-30(28,29)24-20-13-18(7-9-21(20)26)25-11-10-16-12-15(4-8-19(16)22(25)27)14-2-5-17(23)6-3-14/h2-9,12-13,24,26H,10-11H2,1H3. The maximum Gasteiger partial charge on any atom is 0.258 e. The predicted octanol–water partition coefficient (Wildman–Crippen LogP) is 3.77. The van der Waals surface area contributed by atoms with Crippen LogP contribution in [0.4, 0.5) is 15.8 Å². The molecule has 0 aliphatic carbocycles. The number of carbonyl (C=O) groups is 1. The summed E-state index contributed by atoms with van der Waals surface area (Å²) in [7, 11) is -3.58. The molecule has 1 aliphatic rings. The van der Waals surface area contributed by atoms with Crippen molar-refractivity contribution in [3.05, 3.63) is 77.6 Å². The highest BCUT2D eigenvalue weighted by molar-refractivity contribution is 7.92. The van der Waals surface area contributed by atoms with Crippen LogP contribution in [0, 0.1) is 5.82 Å². The van der Waals surface area contributed by atoms with E-state index in [-0.39, 0.29) is 23.2 Å². The number of phenolic OH excluding ortho intramolecular Hbond substituents is 1. The van der Waals surface area contributed by atoms with E-state index in [2.05, 4.69) is 4.72 Å². The molecule has 154 valence electrons. The third-order valence-electron chi connectivity index (χ3n) is 4.95. The second kappa shape index (κ2) is 7.46. The van der Waals surface area contributed by atoms with E-state index in [1.807, 2.05) is 12.1 Å². The van der Waals surface area contributed by atoms with Crippen molar-refractivity contribution < 1.29 is 22.7 Å². The molecule has 0 atom stereocenters. The zero-order valence-corrected chi connectivity index (χ0v) is 16.9. The van der Waals surface area contributed by atoms with Gasteiger partial charge in [-0.2, -0.15) is 0 Å². The van der Waals surface area contributed by atoms with Crippen LogP contribution in [-0.2, 0) is 16.4 Å². The van der Waals surface area contributed by atoms with Gasteiger partial charge in [0.25, 0.3) is 5.91 Å². The average molecular weight is 426 g/mol. The first-order valence-electron chi connectivity index (χ1n) is 9.23. The Balaban J connectivity index is 1.64. The van der Waals surface area contributed by atoms with Crippen molar-refractivity contribution in [2.24, 2.45) is 0 Å². The minimum Gasteiger partial charge on any atom is -0.506 e. The molecule has 3 aromatic carbocycles. The van der Waals surface area contributed by atoms with E-state index < -0.39 is 10.0 Å². The smallest absolute Gasteiger partial charge is 0.258 e. The molecule has 4 rings (SSSR count). The largest absolute Gasteiger partial charge is 0.506 e. The topological polar surface area (TPSA) is 86.7 Å². The van der Waals surface area contributed by atoms with Gasteiger partial charge in [-0.05, 0) is 59.5 Å². The molecule has 0 radical (unpaired) electrons. The van der Waals surface area contributed by atoms with Crippen molar-refractivity contribution >= 4 is 27.3 Å². The van der Waals surface area contributed by atoms with E-state index in [0.717, 1.165) is 22.9 Å². The summed E-state index contributed by atoms with van der Waals surface area (Å²) in [6.45, 7) is 0.405. The highest BCUT2D eigenvalue weighted by atomic mass is 32.2. The van der Waals surface area contributed by atoms with Gasteiger partial charge in [0.05, 0.1) is 11.9 Å². The van der Waals surface area contributed by atoms with Crippen LogP contribution in [-0.4, -0.2) is 32.2 Å². The molecule has 0 unspecified atom stereocenters. The summed E-state index contributed by atoms with van der Waals surface area (Å²) in [4.78, 5) is 14.6. The summed E-state index contributed by atoms with van der Waals surface area (Å²) in [5, 5.41) is 9.92. The van der Waals surface area contributed by atoms with Gasteiger partial charge in [0.1, 0.15) is 11.6 Å². The number of aromatic hydroxyl groups is 1. The lowest BCUT2D eigenvalue weighted by molar-refractivity contribution is 0.0980. The van der Waals surface area contributed by atoms with Gasteiger partial charge < -0.3 is 10.0 Å². The first-order chi connectivity index (χ1) is 14.2. The van der Waals surface area contributed by atoms with Crippen molar-refractivity contribution in [1.29, 1.82) is 0 Å². The van der Waals surface area contributed by atoms with E-state index >= 15 is 0 Å². The van der Waals surface area contributed by atoms with E-state index in [9.17, 15) is 22.7 Å². The molecule has 1 heterocycles. The first kappa shape index (κ1) is 19.9. The first-order valence-corrected chi connectivity index (χ1v) is 11.1. The Kier molecular flexibility index (Phi) is 4.95. The van der Waals surface area contributed by atoms with Gasteiger partial charge in [0.15, 0.2) is 0 Å². The van der Waals surface area contributed by atoms with Crippen LogP contribution < -0.4 is 9.62 Å². The Morgan fingerprint density at radius 2 is 1.70 bits per heavy atom. The number of phenols is 1. The number of nitrogens with zero attached hydrogens (tertiary/aromatic N) is 1. The second-order valence-corrected chi connectivity index (χ2v) is 8.91. The summed E-state index contributed by atoms with van der Waals surface area (Å²) < 4.78 is 38.4. The van der Waals surface area contributed by atoms with Crippen molar-refractivity contribution in [3.63, 3.8) is 0 Å². The van der Waals surface area contributed by atoms with Crippen LogP contribution in [0.5, 0.6) is 5.75 Å². The molecule has 2 N–H and O–H groups in total. The van der Waals surface area contributed by atoms with E-state index in [1.165, 1.54) is 24.3 Å². The zero-order valence-electron chi connectivity index (χ0n) is 16.1. The molecule has 8 heteroatoms. The van der Waals surface area contributed by atoms with Crippen molar-refractivity contribution in [2.45, 2.75) is 6.42 Å². The number of nitrogens with one attached hydrogen (secondary N) is 1. The van der Waals surface area contributed by atoms with Crippen molar-refractivity contribution in [3.8, 4) is 16.9 Å². The number of fused-ring (bicyclic) bond motifs is 1. The van der Waals surface area contributed by atoms with Crippen LogP contribution in [0.15, 0.2) is 60.7 Å². The van der Waals surface area contributed by atoms with Gasteiger partial charge in [-0.1, -0.05) is 24.3 Å². The van der Waals surface area contributed by atoms with E-state index in [4.69, 9.17) is 0 Å². The third kappa shape index (κ3) is 3.99. The molecular formula is C22H19FN2O4S. The van der Waals surface area contributed by atoms with Crippen molar-refractivity contribution in [2.75, 3.05) is 22.4 Å². The fourth-order valence-electron chi connectivity index (χ4n) is 3.53. The molecule has 0 saturated carbocycles. The Labute approximate surface area is 173 Å². The number of anilines is 2. The lowest BCUT2D eigenvalue weighted by atomic mass is 9.93. The summed E-state index contributed by atoms with van der Waals surface area (Å²) in [6.07, 6.45) is 1.59. The lowest BCUT2D eigenvalue weighted by Gasteiger charge is -2.29. The minimum absolute atomic E-state index is 0.0141. The summed E-state index contributed by atoms with van der Waals surface area (Å²) in [5.41, 5.74) is 3.71. The Morgan fingerprint density at radius 3 is 2.40 bits per heavy atom. The van der Waals surface area contributed by atoms with E-state index in [1.54, 1.807) is 29.2 Å². The molecule has 6 nitrogen and oxygen atoms in total. The monoisotopic (exact) mass is 426 g/mol. The number of carbonyl (C=O) groups excluding carboxylic acids is 1. The fraction of sp³-hybridized carbons (Fsp3) is 0.136. The molecule has 0 saturated heterocycles. The number of amides is 1. The molecule has 0 bridgehead atoms. The zero-order chi connectivity index (χ0) is 21.5. The van der Waals surface area contributed by atoms with Gasteiger partial charge in [-0.3, -0.25) is 9.52 Å². The van der Waals surface area contributed by atoms with Gasteiger partial charge in [-0.15, -0.1) is 0 Å². The number of rotatable bonds is 4. The molecule has 3 aromatic rings. The van der Waals surface area contributed by atoms with Gasteiger partial charge >= 0.3 is 0 Å². The Morgan fingerprint density at radius 1 is 1.00 bits per heavy atom. The molecule has 1 aliphatic heterocycles. The molecular weight excluding hydrogens is 407 g/mol. The van der Waals surface area contributed by atoms with Crippen LogP contribution >= 0.6 is 0 Å². The summed E-state index contributed by atoms with van der Waals surface area (Å²) >= 11 is 0. The maximum atomic E-state index is 13.2. The SMILES string of the molecule is CS(=O)(=O)Nc1cc(N2CCc3cc(-c4ccc(F)cc4)ccc3C2=O)ccc1O. The number of hydrogen-bond donors (Lipinski definition) is 2. The molecule has 30 heavy (non-hydrogen) atoms. The Bertz CT molecular complexity index is 1240. The van der Waals surface area contributed by atoms with Crippen LogP contribution in [0.2, 0.25) is 0 Å². The number of halogens is 1. The molecule has 0 fully saturated rings. The quantitative estimate of drug-likeness (QED) is 0.622. The predicted molar refractivity (Wildman–Crippen MR) is 114 cm³/mol. The summed E-state index contributed by atoms with van der Waals surface area (Å²) in [5.74, 6) is -0.739. The average Bonchev–Trinajstić information content (AvgIpc) is 2.69. The normalized spacial score (nSPS) is 13.8. The number of benzene rings is 3. The van der Waals surface area contributed by atoms with Gasteiger partial charge in [0, 0.05) is 17.8 Å². The van der Waals surface area contributed by atoms with Crippen LogP contribution in [0.1, 0.15) is 15.9 Å². The lowest BCUT2D eigenvalue weighted by Crippen LogP contribution is -2.37. The Hall–Kier alpha value is -3.39. The maximum absolute atomic E-state index is 13.2. The number of hydrogen-bond acceptors (Lipinski definition) is 4.